The average Bonchev–Trinajstić information content (AvgIpc) is 2.07. The fourth-order valence-electron chi connectivity index (χ4n) is 1.47. The molecule has 1 heterocycles. The van der Waals surface area contributed by atoms with E-state index in [9.17, 15) is 0 Å². The molecule has 12 heavy (non-hydrogen) atoms. The van der Waals surface area contributed by atoms with Gasteiger partial charge in [-0.1, -0.05) is 13.3 Å². The number of carbonyl (C=O) groups excluding carboxylic acids is 2. The highest BCUT2D eigenvalue weighted by molar-refractivity contribution is 5.20. The summed E-state index contributed by atoms with van der Waals surface area (Å²) in [6.07, 6.45) is 4.48. The first kappa shape index (κ1) is 11.3. The molecule has 0 unspecified atom stereocenters. The highest BCUT2D eigenvalue weighted by atomic mass is 16.2. The van der Waals surface area contributed by atoms with Gasteiger partial charge in [0.25, 0.3) is 0 Å². The van der Waals surface area contributed by atoms with Gasteiger partial charge in [0, 0.05) is 0 Å². The Morgan fingerprint density at radius 3 is 2.08 bits per heavy atom. The summed E-state index contributed by atoms with van der Waals surface area (Å²) in [5.74, 6) is 1.03. The van der Waals surface area contributed by atoms with Gasteiger partial charge in [-0.3, -0.25) is 0 Å². The van der Waals surface area contributed by atoms with Gasteiger partial charge in [-0.05, 0) is 38.9 Å². The minimum Gasteiger partial charge on any atom is -0.306 e. The van der Waals surface area contributed by atoms with Crippen molar-refractivity contribution in [2.45, 2.75) is 26.2 Å². The molecule has 0 radical (unpaired) electrons. The SMILES string of the molecule is CCC1CCN(C)CC1.O=C=O. The standard InChI is InChI=1S/C8H17N.CO2/c1-3-8-4-6-9(2)7-5-8;2-1-3/h8H,3-7H2,1-2H3;. The Kier molecular flexibility index (Phi) is 6.63. The second-order valence-corrected chi connectivity index (χ2v) is 3.24. The summed E-state index contributed by atoms with van der Waals surface area (Å²) in [5.41, 5.74) is 0. The van der Waals surface area contributed by atoms with Crippen LogP contribution in [0.1, 0.15) is 26.2 Å². The third-order valence-corrected chi connectivity index (χ3v) is 2.42. The van der Waals surface area contributed by atoms with Gasteiger partial charge in [-0.2, -0.15) is 9.59 Å². The summed E-state index contributed by atoms with van der Waals surface area (Å²) in [5, 5.41) is 0. The molecule has 3 nitrogen and oxygen atoms in total. The number of likely N-dealkylation sites (tertiary alicyclic amines) is 1. The molecule has 70 valence electrons. The van der Waals surface area contributed by atoms with Crippen molar-refractivity contribution >= 4 is 6.15 Å². The van der Waals surface area contributed by atoms with Gasteiger partial charge < -0.3 is 4.90 Å². The monoisotopic (exact) mass is 171 g/mol. The zero-order chi connectivity index (χ0) is 9.40. The van der Waals surface area contributed by atoms with E-state index in [1.54, 1.807) is 0 Å². The summed E-state index contributed by atoms with van der Waals surface area (Å²) in [7, 11) is 2.21. The van der Waals surface area contributed by atoms with Gasteiger partial charge in [0.05, 0.1) is 0 Å². The molecule has 0 bridgehead atoms. The molecule has 1 rings (SSSR count). The van der Waals surface area contributed by atoms with Crippen LogP contribution < -0.4 is 0 Å². The summed E-state index contributed by atoms with van der Waals surface area (Å²) in [4.78, 5) is 18.7. The quantitative estimate of drug-likeness (QED) is 0.594. The summed E-state index contributed by atoms with van der Waals surface area (Å²) in [6.45, 7) is 4.94. The number of hydrogen-bond donors (Lipinski definition) is 0. The van der Waals surface area contributed by atoms with Gasteiger partial charge in [0.1, 0.15) is 0 Å². The third kappa shape index (κ3) is 5.05. The molecule has 0 aromatic carbocycles. The van der Waals surface area contributed by atoms with Crippen molar-refractivity contribution in [1.82, 2.24) is 4.90 Å². The lowest BCUT2D eigenvalue weighted by molar-refractivity contribution is -0.191. The van der Waals surface area contributed by atoms with Crippen molar-refractivity contribution in [3.63, 3.8) is 0 Å². The lowest BCUT2D eigenvalue weighted by Gasteiger charge is -2.27. The first-order valence-corrected chi connectivity index (χ1v) is 4.42. The highest BCUT2D eigenvalue weighted by Gasteiger charge is 2.13. The fourth-order valence-corrected chi connectivity index (χ4v) is 1.47. The smallest absolute Gasteiger partial charge is 0.306 e. The predicted molar refractivity (Wildman–Crippen MR) is 45.5 cm³/mol. The van der Waals surface area contributed by atoms with E-state index in [1.807, 2.05) is 0 Å². The van der Waals surface area contributed by atoms with E-state index in [-0.39, 0.29) is 6.15 Å². The Bertz CT molecular complexity index is 133. The molecule has 1 aliphatic heterocycles. The zero-order valence-electron chi connectivity index (χ0n) is 7.88. The fraction of sp³-hybridized carbons (Fsp3) is 0.889. The third-order valence-electron chi connectivity index (χ3n) is 2.42. The lowest BCUT2D eigenvalue weighted by Crippen LogP contribution is -2.29. The van der Waals surface area contributed by atoms with E-state index in [0.717, 1.165) is 5.92 Å². The van der Waals surface area contributed by atoms with Gasteiger partial charge in [-0.15, -0.1) is 0 Å². The molecule has 0 atom stereocenters. The minimum absolute atomic E-state index is 0.250. The van der Waals surface area contributed by atoms with Crippen LogP contribution in [-0.4, -0.2) is 31.2 Å². The van der Waals surface area contributed by atoms with Gasteiger partial charge in [0.2, 0.25) is 0 Å². The molecule has 0 saturated carbocycles. The average molecular weight is 171 g/mol. The second kappa shape index (κ2) is 7.01. The van der Waals surface area contributed by atoms with Crippen LogP contribution in [0.2, 0.25) is 0 Å². The van der Waals surface area contributed by atoms with Crippen molar-refractivity contribution in [1.29, 1.82) is 0 Å². The maximum absolute atomic E-state index is 8.12. The van der Waals surface area contributed by atoms with E-state index in [1.165, 1.54) is 32.4 Å². The Morgan fingerprint density at radius 1 is 1.33 bits per heavy atom. The number of hydrogen-bond acceptors (Lipinski definition) is 3. The largest absolute Gasteiger partial charge is 0.373 e. The first-order valence-electron chi connectivity index (χ1n) is 4.42. The molecule has 0 aromatic rings. The zero-order valence-corrected chi connectivity index (χ0v) is 7.88. The molecular weight excluding hydrogens is 154 g/mol. The normalized spacial score (nSPS) is 19.2. The van der Waals surface area contributed by atoms with Gasteiger partial charge in [-0.25, -0.2) is 0 Å². The van der Waals surface area contributed by atoms with Gasteiger partial charge in [0.15, 0.2) is 0 Å². The number of nitrogens with zero attached hydrogens (tertiary/aromatic N) is 1. The molecule has 0 aromatic heterocycles. The Hall–Kier alpha value is -0.660. The Morgan fingerprint density at radius 2 is 1.75 bits per heavy atom. The molecule has 1 aliphatic rings. The molecule has 0 N–H and O–H groups in total. The van der Waals surface area contributed by atoms with Crippen molar-refractivity contribution in [2.24, 2.45) is 5.92 Å². The van der Waals surface area contributed by atoms with E-state index >= 15 is 0 Å². The molecule has 1 saturated heterocycles. The molecule has 0 aliphatic carbocycles. The Balaban J connectivity index is 0.000000354. The van der Waals surface area contributed by atoms with Crippen LogP contribution >= 0.6 is 0 Å². The van der Waals surface area contributed by atoms with Crippen LogP contribution in [0.15, 0.2) is 0 Å². The topological polar surface area (TPSA) is 37.4 Å². The van der Waals surface area contributed by atoms with Crippen LogP contribution in [0, 0.1) is 5.92 Å². The van der Waals surface area contributed by atoms with Crippen molar-refractivity contribution in [2.75, 3.05) is 20.1 Å². The van der Waals surface area contributed by atoms with Crippen LogP contribution in [0.3, 0.4) is 0 Å². The maximum Gasteiger partial charge on any atom is 0.373 e. The van der Waals surface area contributed by atoms with Crippen molar-refractivity contribution < 1.29 is 9.59 Å². The van der Waals surface area contributed by atoms with E-state index in [0.29, 0.717) is 0 Å². The van der Waals surface area contributed by atoms with Crippen LogP contribution in [-0.2, 0) is 9.59 Å². The maximum atomic E-state index is 8.12. The minimum atomic E-state index is 0.250. The predicted octanol–water partition coefficient (Wildman–Crippen LogP) is 1.15. The Labute approximate surface area is 73.7 Å². The van der Waals surface area contributed by atoms with Crippen LogP contribution in [0.4, 0.5) is 0 Å². The van der Waals surface area contributed by atoms with E-state index < -0.39 is 0 Å². The molecule has 0 amide bonds. The molecule has 3 heteroatoms. The highest BCUT2D eigenvalue weighted by Crippen LogP contribution is 2.18. The second-order valence-electron chi connectivity index (χ2n) is 3.24. The van der Waals surface area contributed by atoms with Crippen LogP contribution in [0.5, 0.6) is 0 Å². The summed E-state index contributed by atoms with van der Waals surface area (Å²) in [6, 6.07) is 0. The van der Waals surface area contributed by atoms with E-state index in [2.05, 4.69) is 18.9 Å². The number of rotatable bonds is 1. The molecule has 0 spiro atoms. The van der Waals surface area contributed by atoms with Crippen LogP contribution in [0.25, 0.3) is 0 Å². The van der Waals surface area contributed by atoms with Crippen molar-refractivity contribution in [3.05, 3.63) is 0 Å². The molecular formula is C9H17NO2. The lowest BCUT2D eigenvalue weighted by atomic mass is 9.95. The summed E-state index contributed by atoms with van der Waals surface area (Å²) >= 11 is 0. The molecule has 1 fully saturated rings. The summed E-state index contributed by atoms with van der Waals surface area (Å²) < 4.78 is 0. The van der Waals surface area contributed by atoms with Crippen molar-refractivity contribution in [3.8, 4) is 0 Å². The van der Waals surface area contributed by atoms with Gasteiger partial charge >= 0.3 is 6.15 Å². The number of piperidine rings is 1. The van der Waals surface area contributed by atoms with E-state index in [4.69, 9.17) is 9.59 Å². The first-order chi connectivity index (χ1) is 5.74.